The van der Waals surface area contributed by atoms with Gasteiger partial charge in [-0.2, -0.15) is 0 Å². The molecule has 1 aromatic rings. The fraction of sp³-hybridized carbons (Fsp3) is 0.538. The average Bonchev–Trinajstić information content (AvgIpc) is 2.15. The molecule has 0 radical (unpaired) electrons. The van der Waals surface area contributed by atoms with Crippen molar-refractivity contribution in [3.05, 3.63) is 29.8 Å². The van der Waals surface area contributed by atoms with Crippen molar-refractivity contribution in [2.24, 2.45) is 0 Å². The number of rotatable bonds is 4. The van der Waals surface area contributed by atoms with Crippen LogP contribution < -0.4 is 11.1 Å². The van der Waals surface area contributed by atoms with Gasteiger partial charge in [0.05, 0.1) is 0 Å². The molecule has 0 unspecified atom stereocenters. The summed E-state index contributed by atoms with van der Waals surface area (Å²) in [6.45, 7) is 3.37. The Morgan fingerprint density at radius 2 is 2.20 bits per heavy atom. The van der Waals surface area contributed by atoms with E-state index in [1.807, 2.05) is 12.1 Å². The minimum Gasteiger partial charge on any atom is -0.399 e. The van der Waals surface area contributed by atoms with Crippen LogP contribution in [0, 0.1) is 0 Å². The molecule has 0 saturated heterocycles. The molecule has 0 amide bonds. The summed E-state index contributed by atoms with van der Waals surface area (Å²) in [6.07, 6.45) is 5.09. The lowest BCUT2D eigenvalue weighted by molar-refractivity contribution is 0.210. The van der Waals surface area contributed by atoms with E-state index < -0.39 is 0 Å². The van der Waals surface area contributed by atoms with Crippen LogP contribution in [-0.4, -0.2) is 12.1 Å². The maximum atomic E-state index is 5.73. The van der Waals surface area contributed by atoms with Crippen molar-refractivity contribution >= 4 is 5.69 Å². The number of anilines is 1. The Kier molecular flexibility index (Phi) is 2.96. The summed E-state index contributed by atoms with van der Waals surface area (Å²) in [6, 6.07) is 8.16. The predicted octanol–water partition coefficient (Wildman–Crippen LogP) is 2.34. The van der Waals surface area contributed by atoms with Crippen LogP contribution in [0.4, 0.5) is 5.69 Å². The van der Waals surface area contributed by atoms with E-state index in [0.717, 1.165) is 18.7 Å². The highest BCUT2D eigenvalue weighted by molar-refractivity contribution is 5.40. The van der Waals surface area contributed by atoms with Crippen molar-refractivity contribution < 1.29 is 0 Å². The lowest BCUT2D eigenvalue weighted by atomic mass is 9.78. The molecule has 0 spiro atoms. The Morgan fingerprint density at radius 1 is 1.40 bits per heavy atom. The van der Waals surface area contributed by atoms with Crippen LogP contribution in [0.3, 0.4) is 0 Å². The van der Waals surface area contributed by atoms with Gasteiger partial charge in [0.15, 0.2) is 0 Å². The first-order chi connectivity index (χ1) is 7.18. The molecule has 0 aliphatic heterocycles. The van der Waals surface area contributed by atoms with Crippen LogP contribution >= 0.6 is 0 Å². The third-order valence-electron chi connectivity index (χ3n) is 3.37. The van der Waals surface area contributed by atoms with Gasteiger partial charge in [0.2, 0.25) is 0 Å². The van der Waals surface area contributed by atoms with E-state index in [1.165, 1.54) is 24.8 Å². The molecular weight excluding hydrogens is 184 g/mol. The second kappa shape index (κ2) is 4.23. The van der Waals surface area contributed by atoms with E-state index in [2.05, 4.69) is 24.4 Å². The summed E-state index contributed by atoms with van der Waals surface area (Å²) in [5.74, 6) is 0. The van der Waals surface area contributed by atoms with Gasteiger partial charge in [-0.25, -0.2) is 0 Å². The molecule has 15 heavy (non-hydrogen) atoms. The number of nitrogens with one attached hydrogen (secondary N) is 1. The fourth-order valence-corrected chi connectivity index (χ4v) is 2.14. The predicted molar refractivity (Wildman–Crippen MR) is 64.8 cm³/mol. The monoisotopic (exact) mass is 204 g/mol. The highest BCUT2D eigenvalue weighted by Gasteiger charge is 2.30. The van der Waals surface area contributed by atoms with Gasteiger partial charge in [-0.15, -0.1) is 0 Å². The number of nitrogen functional groups attached to an aromatic ring is 1. The maximum absolute atomic E-state index is 5.73. The molecule has 0 heterocycles. The van der Waals surface area contributed by atoms with Crippen molar-refractivity contribution in [3.8, 4) is 0 Å². The van der Waals surface area contributed by atoms with Crippen LogP contribution in [0.25, 0.3) is 0 Å². The largest absolute Gasteiger partial charge is 0.399 e. The van der Waals surface area contributed by atoms with Crippen molar-refractivity contribution in [2.75, 3.05) is 12.3 Å². The van der Waals surface area contributed by atoms with Crippen molar-refractivity contribution in [1.82, 2.24) is 5.32 Å². The standard InChI is InChI=1S/C13H20N2/c1-13(7-3-8-13)15-9-6-11-4-2-5-12(14)10-11/h2,4-5,10,15H,3,6-9,14H2,1H3. The summed E-state index contributed by atoms with van der Waals surface area (Å²) < 4.78 is 0. The van der Waals surface area contributed by atoms with E-state index >= 15 is 0 Å². The Balaban J connectivity index is 1.78. The van der Waals surface area contributed by atoms with Gasteiger partial charge in [-0.3, -0.25) is 0 Å². The van der Waals surface area contributed by atoms with Gasteiger partial charge in [0.25, 0.3) is 0 Å². The van der Waals surface area contributed by atoms with Crippen LogP contribution in [0.2, 0.25) is 0 Å². The number of benzene rings is 1. The van der Waals surface area contributed by atoms with E-state index in [1.54, 1.807) is 0 Å². The quantitative estimate of drug-likeness (QED) is 0.739. The molecule has 1 saturated carbocycles. The third kappa shape index (κ3) is 2.72. The zero-order valence-electron chi connectivity index (χ0n) is 9.42. The molecule has 82 valence electrons. The van der Waals surface area contributed by atoms with Gasteiger partial charge in [0.1, 0.15) is 0 Å². The first-order valence-corrected chi connectivity index (χ1v) is 5.77. The Bertz CT molecular complexity index is 329. The molecule has 0 aromatic heterocycles. The molecule has 1 aliphatic carbocycles. The molecular formula is C13H20N2. The third-order valence-corrected chi connectivity index (χ3v) is 3.37. The van der Waals surface area contributed by atoms with E-state index in [0.29, 0.717) is 5.54 Å². The van der Waals surface area contributed by atoms with E-state index in [-0.39, 0.29) is 0 Å². The molecule has 0 atom stereocenters. The summed E-state index contributed by atoms with van der Waals surface area (Å²) in [5, 5.41) is 3.62. The molecule has 1 fully saturated rings. The Hall–Kier alpha value is -1.02. The van der Waals surface area contributed by atoms with E-state index in [4.69, 9.17) is 5.73 Å². The molecule has 2 nitrogen and oxygen atoms in total. The van der Waals surface area contributed by atoms with Crippen molar-refractivity contribution in [3.63, 3.8) is 0 Å². The Morgan fingerprint density at radius 3 is 2.80 bits per heavy atom. The molecule has 1 aliphatic rings. The van der Waals surface area contributed by atoms with Crippen molar-refractivity contribution in [1.29, 1.82) is 0 Å². The zero-order chi connectivity index (χ0) is 10.7. The van der Waals surface area contributed by atoms with Crippen LogP contribution in [0.15, 0.2) is 24.3 Å². The lowest BCUT2D eigenvalue weighted by Gasteiger charge is -2.39. The summed E-state index contributed by atoms with van der Waals surface area (Å²) >= 11 is 0. The van der Waals surface area contributed by atoms with Crippen LogP contribution in [0.5, 0.6) is 0 Å². The number of hydrogen-bond acceptors (Lipinski definition) is 2. The van der Waals surface area contributed by atoms with Gasteiger partial charge in [-0.1, -0.05) is 12.1 Å². The fourth-order valence-electron chi connectivity index (χ4n) is 2.14. The van der Waals surface area contributed by atoms with Crippen LogP contribution in [0.1, 0.15) is 31.7 Å². The SMILES string of the molecule is CC1(NCCc2cccc(N)c2)CCC1. The summed E-state index contributed by atoms with van der Waals surface area (Å²) in [7, 11) is 0. The number of nitrogens with two attached hydrogens (primary N) is 1. The summed E-state index contributed by atoms with van der Waals surface area (Å²) in [4.78, 5) is 0. The molecule has 2 heteroatoms. The van der Waals surface area contributed by atoms with Gasteiger partial charge >= 0.3 is 0 Å². The molecule has 0 bridgehead atoms. The highest BCUT2D eigenvalue weighted by atomic mass is 15.0. The van der Waals surface area contributed by atoms with Crippen molar-refractivity contribution in [2.45, 2.75) is 38.1 Å². The average molecular weight is 204 g/mol. The number of hydrogen-bond donors (Lipinski definition) is 2. The zero-order valence-corrected chi connectivity index (χ0v) is 9.42. The summed E-state index contributed by atoms with van der Waals surface area (Å²) in [5.41, 5.74) is 8.34. The minimum atomic E-state index is 0.417. The second-order valence-electron chi connectivity index (χ2n) is 4.84. The van der Waals surface area contributed by atoms with Crippen LogP contribution in [-0.2, 0) is 6.42 Å². The van der Waals surface area contributed by atoms with E-state index in [9.17, 15) is 0 Å². The topological polar surface area (TPSA) is 38.0 Å². The maximum Gasteiger partial charge on any atom is 0.0316 e. The van der Waals surface area contributed by atoms with Gasteiger partial charge in [-0.05, 0) is 56.8 Å². The molecule has 1 aromatic carbocycles. The Labute approximate surface area is 91.9 Å². The lowest BCUT2D eigenvalue weighted by Crippen LogP contribution is -2.48. The second-order valence-corrected chi connectivity index (χ2v) is 4.84. The van der Waals surface area contributed by atoms with Gasteiger partial charge in [0, 0.05) is 11.2 Å². The minimum absolute atomic E-state index is 0.417. The first-order valence-electron chi connectivity index (χ1n) is 5.77. The molecule has 3 N–H and O–H groups in total. The van der Waals surface area contributed by atoms with Gasteiger partial charge < -0.3 is 11.1 Å². The highest BCUT2D eigenvalue weighted by Crippen LogP contribution is 2.30. The smallest absolute Gasteiger partial charge is 0.0316 e. The molecule has 2 rings (SSSR count). The normalized spacial score (nSPS) is 18.5. The first kappa shape index (κ1) is 10.5.